The number of aliphatic hydroxyl groups is 1. The highest BCUT2D eigenvalue weighted by Gasteiger charge is 2.36. The second-order valence-electron chi connectivity index (χ2n) is 6.97. The van der Waals surface area contributed by atoms with Crippen LogP contribution in [0.3, 0.4) is 0 Å². The fourth-order valence-corrected chi connectivity index (χ4v) is 3.95. The van der Waals surface area contributed by atoms with Crippen LogP contribution in [0.5, 0.6) is 5.75 Å². The van der Waals surface area contributed by atoms with Crippen LogP contribution in [0.2, 0.25) is 0 Å². The normalized spacial score (nSPS) is 21.8. The van der Waals surface area contributed by atoms with Gasteiger partial charge in [0.15, 0.2) is 0 Å². The highest BCUT2D eigenvalue weighted by molar-refractivity contribution is 9.10. The van der Waals surface area contributed by atoms with E-state index in [1.165, 1.54) is 6.33 Å². The molecule has 0 amide bonds. The molecule has 0 bridgehead atoms. The van der Waals surface area contributed by atoms with E-state index in [1.54, 1.807) is 6.20 Å². The maximum atomic E-state index is 10.5. The van der Waals surface area contributed by atoms with E-state index in [9.17, 15) is 5.11 Å². The second-order valence-corrected chi connectivity index (χ2v) is 7.89. The first kappa shape index (κ1) is 18.3. The molecule has 9 heteroatoms. The molecule has 3 N–H and O–H groups in total. The Morgan fingerprint density at radius 3 is 3.03 bits per heavy atom. The summed E-state index contributed by atoms with van der Waals surface area (Å²) in [5.41, 5.74) is 7.42. The molecule has 1 aliphatic heterocycles. The number of nitrogens with zero attached hydrogens (tertiary/aromatic N) is 4. The SMILES string of the molecule is Nc1ncnc2c1ccn2[C@H]1C[C@H](O)[C@@H](COc2ccc3cc(Br)cnc3c2)O1. The second kappa shape index (κ2) is 7.25. The van der Waals surface area contributed by atoms with Gasteiger partial charge < -0.3 is 24.9 Å². The maximum absolute atomic E-state index is 10.5. The molecule has 1 saturated heterocycles. The molecule has 1 aromatic carbocycles. The fourth-order valence-electron chi connectivity index (χ4n) is 3.60. The van der Waals surface area contributed by atoms with Gasteiger partial charge in [-0.25, -0.2) is 9.97 Å². The molecule has 0 unspecified atom stereocenters. The number of fused-ring (bicyclic) bond motifs is 2. The summed E-state index contributed by atoms with van der Waals surface area (Å²) in [5, 5.41) is 12.3. The first-order valence-corrected chi connectivity index (χ1v) is 9.96. The Hall–Kier alpha value is -2.75. The highest BCUT2D eigenvalue weighted by Crippen LogP contribution is 2.33. The third kappa shape index (κ3) is 3.41. The maximum Gasteiger partial charge on any atom is 0.147 e. The minimum atomic E-state index is -0.647. The molecule has 0 radical (unpaired) electrons. The third-order valence-corrected chi connectivity index (χ3v) is 5.52. The zero-order chi connectivity index (χ0) is 20.0. The van der Waals surface area contributed by atoms with Gasteiger partial charge in [-0.2, -0.15) is 0 Å². The van der Waals surface area contributed by atoms with Gasteiger partial charge in [0.25, 0.3) is 0 Å². The number of ether oxygens (including phenoxy) is 2. The van der Waals surface area contributed by atoms with Crippen molar-refractivity contribution in [3.63, 3.8) is 0 Å². The number of aromatic nitrogens is 4. The van der Waals surface area contributed by atoms with Crippen molar-refractivity contribution in [2.24, 2.45) is 0 Å². The zero-order valence-electron chi connectivity index (χ0n) is 15.3. The van der Waals surface area contributed by atoms with Crippen LogP contribution in [-0.4, -0.2) is 43.4 Å². The van der Waals surface area contributed by atoms with Crippen LogP contribution in [-0.2, 0) is 4.74 Å². The average molecular weight is 456 g/mol. The van der Waals surface area contributed by atoms with Crippen LogP contribution in [0.15, 0.2) is 53.5 Å². The van der Waals surface area contributed by atoms with E-state index in [0.717, 1.165) is 20.8 Å². The van der Waals surface area contributed by atoms with Crippen LogP contribution in [0.4, 0.5) is 5.82 Å². The van der Waals surface area contributed by atoms with Gasteiger partial charge in [0.05, 0.1) is 17.0 Å². The predicted molar refractivity (Wildman–Crippen MR) is 111 cm³/mol. The van der Waals surface area contributed by atoms with E-state index in [1.807, 2.05) is 41.1 Å². The van der Waals surface area contributed by atoms with Crippen molar-refractivity contribution in [2.45, 2.75) is 24.9 Å². The van der Waals surface area contributed by atoms with Crippen molar-refractivity contribution in [1.29, 1.82) is 0 Å². The summed E-state index contributed by atoms with van der Waals surface area (Å²) in [6.45, 7) is 0.232. The average Bonchev–Trinajstić information content (AvgIpc) is 3.30. The van der Waals surface area contributed by atoms with Gasteiger partial charge in [-0.15, -0.1) is 0 Å². The summed E-state index contributed by atoms with van der Waals surface area (Å²) < 4.78 is 14.7. The molecule has 3 aromatic heterocycles. The van der Waals surface area contributed by atoms with E-state index >= 15 is 0 Å². The monoisotopic (exact) mass is 455 g/mol. The fraction of sp³-hybridized carbons (Fsp3) is 0.250. The van der Waals surface area contributed by atoms with E-state index < -0.39 is 12.2 Å². The Morgan fingerprint density at radius 1 is 1.24 bits per heavy atom. The number of halogens is 1. The number of pyridine rings is 1. The number of hydrogen-bond acceptors (Lipinski definition) is 7. The van der Waals surface area contributed by atoms with Crippen LogP contribution in [0.25, 0.3) is 21.9 Å². The largest absolute Gasteiger partial charge is 0.491 e. The predicted octanol–water partition coefficient (Wildman–Crippen LogP) is 3.05. The summed E-state index contributed by atoms with van der Waals surface area (Å²) in [6.07, 6.45) is 4.01. The number of nitrogens with two attached hydrogens (primary N) is 1. The minimum absolute atomic E-state index is 0.232. The standard InChI is InChI=1S/C20H18BrN5O3/c21-12-5-11-1-2-13(6-15(11)23-8-12)28-9-17-16(27)7-18(29-17)26-4-3-14-19(22)24-10-25-20(14)26/h1-6,8,10,16-18,27H,7,9H2,(H2,22,24,25)/t16-,17+,18+/m0/s1. The lowest BCUT2D eigenvalue weighted by Gasteiger charge is -2.17. The first-order valence-electron chi connectivity index (χ1n) is 9.17. The Balaban J connectivity index is 1.30. The van der Waals surface area contributed by atoms with Crippen LogP contribution < -0.4 is 10.5 Å². The number of benzene rings is 1. The number of anilines is 1. The summed E-state index contributed by atoms with van der Waals surface area (Å²) in [5.74, 6) is 1.10. The lowest BCUT2D eigenvalue weighted by atomic mass is 10.2. The molecular weight excluding hydrogens is 438 g/mol. The van der Waals surface area contributed by atoms with Crippen LogP contribution in [0.1, 0.15) is 12.6 Å². The molecule has 8 nitrogen and oxygen atoms in total. The molecule has 4 heterocycles. The van der Waals surface area contributed by atoms with E-state index in [0.29, 0.717) is 23.6 Å². The Bertz CT molecular complexity index is 1200. The van der Waals surface area contributed by atoms with Crippen molar-refractivity contribution in [3.05, 3.63) is 53.5 Å². The van der Waals surface area contributed by atoms with Crippen molar-refractivity contribution >= 4 is 43.7 Å². The van der Waals surface area contributed by atoms with Gasteiger partial charge in [0, 0.05) is 34.7 Å². The number of aliphatic hydroxyl groups excluding tert-OH is 1. The smallest absolute Gasteiger partial charge is 0.147 e. The summed E-state index contributed by atoms with van der Waals surface area (Å²) >= 11 is 3.42. The Kier molecular flexibility index (Phi) is 4.57. The van der Waals surface area contributed by atoms with Gasteiger partial charge in [0.2, 0.25) is 0 Å². The quantitative estimate of drug-likeness (QED) is 0.486. The van der Waals surface area contributed by atoms with E-state index in [2.05, 4.69) is 30.9 Å². The molecule has 0 aliphatic carbocycles. The van der Waals surface area contributed by atoms with Gasteiger partial charge in [-0.05, 0) is 40.2 Å². The molecule has 4 aromatic rings. The van der Waals surface area contributed by atoms with E-state index in [4.69, 9.17) is 15.2 Å². The minimum Gasteiger partial charge on any atom is -0.491 e. The molecule has 5 rings (SSSR count). The molecule has 0 spiro atoms. The van der Waals surface area contributed by atoms with Crippen LogP contribution >= 0.6 is 15.9 Å². The van der Waals surface area contributed by atoms with Crippen molar-refractivity contribution in [1.82, 2.24) is 19.5 Å². The Morgan fingerprint density at radius 2 is 2.14 bits per heavy atom. The first-order chi connectivity index (χ1) is 14.1. The van der Waals surface area contributed by atoms with Crippen molar-refractivity contribution < 1.29 is 14.6 Å². The molecule has 1 aliphatic rings. The van der Waals surface area contributed by atoms with Crippen LogP contribution in [0, 0.1) is 0 Å². The molecule has 0 saturated carbocycles. The number of hydrogen-bond donors (Lipinski definition) is 2. The highest BCUT2D eigenvalue weighted by atomic mass is 79.9. The summed E-state index contributed by atoms with van der Waals surface area (Å²) in [4.78, 5) is 12.7. The topological polar surface area (TPSA) is 108 Å². The molecule has 1 fully saturated rings. The lowest BCUT2D eigenvalue weighted by Crippen LogP contribution is -2.28. The Labute approximate surface area is 174 Å². The van der Waals surface area contributed by atoms with Crippen molar-refractivity contribution in [2.75, 3.05) is 12.3 Å². The summed E-state index contributed by atoms with van der Waals surface area (Å²) in [6, 6.07) is 9.56. The van der Waals surface area contributed by atoms with E-state index in [-0.39, 0.29) is 12.8 Å². The number of rotatable bonds is 4. The summed E-state index contributed by atoms with van der Waals surface area (Å²) in [7, 11) is 0. The lowest BCUT2D eigenvalue weighted by molar-refractivity contribution is -0.0379. The number of nitrogen functional groups attached to an aromatic ring is 1. The zero-order valence-corrected chi connectivity index (χ0v) is 16.9. The van der Waals surface area contributed by atoms with Gasteiger partial charge in [-0.3, -0.25) is 4.98 Å². The van der Waals surface area contributed by atoms with Gasteiger partial charge in [0.1, 0.15) is 42.5 Å². The molecule has 148 valence electrons. The third-order valence-electron chi connectivity index (χ3n) is 5.09. The van der Waals surface area contributed by atoms with Gasteiger partial charge >= 0.3 is 0 Å². The molecule has 3 atom stereocenters. The molecular formula is C20H18BrN5O3. The van der Waals surface area contributed by atoms with Crippen molar-refractivity contribution in [3.8, 4) is 5.75 Å². The molecule has 29 heavy (non-hydrogen) atoms. The van der Waals surface area contributed by atoms with Gasteiger partial charge in [-0.1, -0.05) is 0 Å².